The van der Waals surface area contributed by atoms with Gasteiger partial charge in [-0.1, -0.05) is 53.7 Å². The molecular formula is C23H23F3N4OS2. The summed E-state index contributed by atoms with van der Waals surface area (Å²) in [6.07, 6.45) is -2.74. The summed E-state index contributed by atoms with van der Waals surface area (Å²) in [5.74, 6) is 1.81. The highest BCUT2D eigenvalue weighted by molar-refractivity contribution is 7.99. The lowest BCUT2D eigenvalue weighted by molar-refractivity contribution is -0.137. The Morgan fingerprint density at radius 1 is 1.15 bits per heavy atom. The number of amides is 1. The molecule has 0 unspecified atom stereocenters. The Morgan fingerprint density at radius 3 is 2.61 bits per heavy atom. The molecule has 33 heavy (non-hydrogen) atoms. The topological polar surface area (TPSA) is 59.8 Å². The lowest BCUT2D eigenvalue weighted by Crippen LogP contribution is -2.15. The minimum Gasteiger partial charge on any atom is -0.325 e. The third kappa shape index (κ3) is 7.40. The summed E-state index contributed by atoms with van der Waals surface area (Å²) in [6, 6.07) is 12.9. The normalized spacial score (nSPS) is 11.4. The van der Waals surface area contributed by atoms with Gasteiger partial charge in [-0.05, 0) is 30.7 Å². The summed E-state index contributed by atoms with van der Waals surface area (Å²) in [5.41, 5.74) is 1.72. The average molecular weight is 493 g/mol. The number of anilines is 1. The van der Waals surface area contributed by atoms with Crippen LogP contribution in [0.3, 0.4) is 0 Å². The Hall–Kier alpha value is -2.72. The van der Waals surface area contributed by atoms with Crippen molar-refractivity contribution >= 4 is 35.1 Å². The van der Waals surface area contributed by atoms with E-state index in [9.17, 15) is 18.0 Å². The van der Waals surface area contributed by atoms with Crippen molar-refractivity contribution < 1.29 is 18.0 Å². The van der Waals surface area contributed by atoms with E-state index in [1.165, 1.54) is 35.0 Å². The average Bonchev–Trinajstić information content (AvgIpc) is 3.15. The maximum atomic E-state index is 12.9. The van der Waals surface area contributed by atoms with Gasteiger partial charge in [-0.2, -0.15) is 13.2 Å². The molecule has 0 bridgehead atoms. The second-order valence-corrected chi connectivity index (χ2v) is 9.12. The molecule has 1 heterocycles. The van der Waals surface area contributed by atoms with Gasteiger partial charge in [-0.25, -0.2) is 0 Å². The van der Waals surface area contributed by atoms with Gasteiger partial charge in [0.05, 0.1) is 17.1 Å². The van der Waals surface area contributed by atoms with Crippen molar-refractivity contribution in [2.45, 2.75) is 36.3 Å². The number of carbonyl (C=O) groups is 1. The zero-order valence-corrected chi connectivity index (χ0v) is 19.6. The summed E-state index contributed by atoms with van der Waals surface area (Å²) < 4.78 is 40.4. The van der Waals surface area contributed by atoms with Gasteiger partial charge in [-0.15, -0.1) is 28.5 Å². The summed E-state index contributed by atoms with van der Waals surface area (Å²) >= 11 is 2.88. The van der Waals surface area contributed by atoms with Crippen LogP contribution in [-0.4, -0.2) is 26.4 Å². The third-order valence-electron chi connectivity index (χ3n) is 4.53. The molecule has 2 aromatic carbocycles. The zero-order chi connectivity index (χ0) is 23.8. The van der Waals surface area contributed by atoms with Crippen LogP contribution in [-0.2, 0) is 29.0 Å². The highest BCUT2D eigenvalue weighted by atomic mass is 32.2. The van der Waals surface area contributed by atoms with Crippen molar-refractivity contribution in [3.8, 4) is 0 Å². The summed E-state index contributed by atoms with van der Waals surface area (Å²) in [5, 5.41) is 11.5. The molecule has 1 N–H and O–H groups in total. The van der Waals surface area contributed by atoms with Crippen molar-refractivity contribution in [2.24, 2.45) is 0 Å². The predicted molar refractivity (Wildman–Crippen MR) is 127 cm³/mol. The molecule has 3 aromatic rings. The molecule has 10 heteroatoms. The van der Waals surface area contributed by atoms with Gasteiger partial charge in [-0.3, -0.25) is 4.79 Å². The van der Waals surface area contributed by atoms with E-state index in [1.807, 2.05) is 11.5 Å². The number of hydrogen-bond acceptors (Lipinski definition) is 5. The number of nitrogens with zero attached hydrogens (tertiary/aromatic N) is 3. The lowest BCUT2D eigenvalue weighted by Gasteiger charge is -2.10. The van der Waals surface area contributed by atoms with E-state index >= 15 is 0 Å². The van der Waals surface area contributed by atoms with Crippen LogP contribution < -0.4 is 5.32 Å². The number of carbonyl (C=O) groups excluding carboxylic acids is 1. The highest BCUT2D eigenvalue weighted by Gasteiger charge is 2.30. The van der Waals surface area contributed by atoms with Gasteiger partial charge in [0.2, 0.25) is 5.91 Å². The van der Waals surface area contributed by atoms with Crippen LogP contribution >= 0.6 is 23.5 Å². The van der Waals surface area contributed by atoms with Crippen molar-refractivity contribution in [1.82, 2.24) is 14.8 Å². The van der Waals surface area contributed by atoms with E-state index in [4.69, 9.17) is 0 Å². The van der Waals surface area contributed by atoms with Gasteiger partial charge < -0.3 is 9.88 Å². The van der Waals surface area contributed by atoms with Gasteiger partial charge in [0.25, 0.3) is 0 Å². The van der Waals surface area contributed by atoms with Crippen molar-refractivity contribution in [3.05, 3.63) is 83.7 Å². The van der Waals surface area contributed by atoms with Crippen LogP contribution in [0.1, 0.15) is 22.5 Å². The van der Waals surface area contributed by atoms with E-state index in [0.29, 0.717) is 17.5 Å². The number of hydrogen-bond donors (Lipinski definition) is 1. The summed E-state index contributed by atoms with van der Waals surface area (Å²) in [7, 11) is 0. The minimum absolute atomic E-state index is 0.0119. The van der Waals surface area contributed by atoms with Crippen molar-refractivity contribution in [2.75, 3.05) is 11.1 Å². The van der Waals surface area contributed by atoms with Crippen LogP contribution in [0, 0.1) is 6.92 Å². The molecule has 3 rings (SSSR count). The fourth-order valence-electron chi connectivity index (χ4n) is 2.89. The highest BCUT2D eigenvalue weighted by Crippen LogP contribution is 2.30. The second-order valence-electron chi connectivity index (χ2n) is 7.19. The maximum Gasteiger partial charge on any atom is 0.416 e. The standard InChI is InChI=1S/C23H23F3N4OS2/c1-3-11-30-20(14-32-13-17-9-7-16(2)8-10-17)28-29-22(30)33-15-21(31)27-19-6-4-5-18(12-19)23(24,25)26/h3-10,12H,1,11,13-15H2,2H3,(H,27,31). The molecule has 0 radical (unpaired) electrons. The maximum absolute atomic E-state index is 12.9. The molecule has 0 atom stereocenters. The first-order valence-corrected chi connectivity index (χ1v) is 12.2. The first kappa shape index (κ1) is 24.9. The number of halogens is 3. The van der Waals surface area contributed by atoms with Gasteiger partial charge in [0.1, 0.15) is 5.82 Å². The summed E-state index contributed by atoms with van der Waals surface area (Å²) in [4.78, 5) is 12.3. The molecule has 1 amide bonds. The molecule has 0 saturated heterocycles. The molecular weight excluding hydrogens is 469 g/mol. The number of aromatic nitrogens is 3. The van der Waals surface area contributed by atoms with E-state index in [0.717, 1.165) is 23.7 Å². The first-order chi connectivity index (χ1) is 15.8. The first-order valence-electron chi connectivity index (χ1n) is 10.0. The lowest BCUT2D eigenvalue weighted by atomic mass is 10.2. The fourth-order valence-corrected chi connectivity index (χ4v) is 4.58. The fraction of sp³-hybridized carbons (Fsp3) is 0.261. The van der Waals surface area contributed by atoms with Crippen molar-refractivity contribution in [1.29, 1.82) is 0 Å². The zero-order valence-electron chi connectivity index (χ0n) is 17.9. The van der Waals surface area contributed by atoms with Crippen LogP contribution in [0.5, 0.6) is 0 Å². The molecule has 5 nitrogen and oxygen atoms in total. The number of aryl methyl sites for hydroxylation is 1. The minimum atomic E-state index is -4.47. The summed E-state index contributed by atoms with van der Waals surface area (Å²) in [6.45, 7) is 6.31. The van der Waals surface area contributed by atoms with Gasteiger partial charge >= 0.3 is 6.18 Å². The number of thioether (sulfide) groups is 2. The number of alkyl halides is 3. The van der Waals surface area contributed by atoms with E-state index in [2.05, 4.69) is 46.4 Å². The SMILES string of the molecule is C=CCn1c(CSCc2ccc(C)cc2)nnc1SCC(=O)Nc1cccc(C(F)(F)F)c1. The van der Waals surface area contributed by atoms with E-state index < -0.39 is 17.6 Å². The van der Waals surface area contributed by atoms with Crippen molar-refractivity contribution in [3.63, 3.8) is 0 Å². The number of rotatable bonds is 10. The Balaban J connectivity index is 1.57. The number of nitrogens with one attached hydrogen (secondary N) is 1. The molecule has 0 aliphatic carbocycles. The Bertz CT molecular complexity index is 1100. The quantitative estimate of drug-likeness (QED) is 0.280. The van der Waals surface area contributed by atoms with E-state index in [1.54, 1.807) is 17.8 Å². The number of allylic oxidation sites excluding steroid dienone is 1. The molecule has 0 fully saturated rings. The largest absolute Gasteiger partial charge is 0.416 e. The van der Waals surface area contributed by atoms with E-state index in [-0.39, 0.29) is 11.4 Å². The Kier molecular flexibility index (Phi) is 8.62. The van der Waals surface area contributed by atoms with Crippen LogP contribution in [0.15, 0.2) is 66.3 Å². The Morgan fingerprint density at radius 2 is 1.91 bits per heavy atom. The van der Waals surface area contributed by atoms with Gasteiger partial charge in [0.15, 0.2) is 5.16 Å². The smallest absolute Gasteiger partial charge is 0.325 e. The monoisotopic (exact) mass is 492 g/mol. The second kappa shape index (κ2) is 11.4. The third-order valence-corrected chi connectivity index (χ3v) is 6.50. The molecule has 0 aliphatic rings. The number of benzene rings is 2. The van der Waals surface area contributed by atoms with Crippen LogP contribution in [0.4, 0.5) is 18.9 Å². The Labute approximate surface area is 198 Å². The molecule has 0 spiro atoms. The molecule has 174 valence electrons. The van der Waals surface area contributed by atoms with Crippen LogP contribution in [0.25, 0.3) is 0 Å². The van der Waals surface area contributed by atoms with Gasteiger partial charge in [0, 0.05) is 18.0 Å². The molecule has 0 saturated carbocycles. The predicted octanol–water partition coefficient (Wildman–Crippen LogP) is 5.96. The molecule has 1 aromatic heterocycles. The van der Waals surface area contributed by atoms with Crippen LogP contribution in [0.2, 0.25) is 0 Å². The molecule has 0 aliphatic heterocycles.